The van der Waals surface area contributed by atoms with Gasteiger partial charge in [0.05, 0.1) is 25.5 Å². The maximum absolute atomic E-state index is 12.5. The zero-order chi connectivity index (χ0) is 19.9. The number of hydrogen-bond donors (Lipinski definition) is 1. The van der Waals surface area contributed by atoms with E-state index in [0.29, 0.717) is 36.8 Å². The molecule has 0 bridgehead atoms. The molecule has 28 heavy (non-hydrogen) atoms. The summed E-state index contributed by atoms with van der Waals surface area (Å²) < 4.78 is 11.1. The van der Waals surface area contributed by atoms with Crippen LogP contribution in [0.4, 0.5) is 0 Å². The first kappa shape index (κ1) is 19.9. The van der Waals surface area contributed by atoms with Crippen LogP contribution in [0.15, 0.2) is 47.8 Å². The fraction of sp³-hybridized carbons (Fsp3) is 0.273. The number of hydrogen-bond acceptors (Lipinski definition) is 5. The van der Waals surface area contributed by atoms with Gasteiger partial charge >= 0.3 is 0 Å². The summed E-state index contributed by atoms with van der Waals surface area (Å²) >= 11 is 1.58. The van der Waals surface area contributed by atoms with Gasteiger partial charge in [-0.25, -0.2) is 4.98 Å². The van der Waals surface area contributed by atoms with Crippen LogP contribution in [0.1, 0.15) is 35.5 Å². The molecule has 3 aromatic rings. The monoisotopic (exact) mass is 396 g/mol. The molecule has 1 aromatic heterocycles. The summed E-state index contributed by atoms with van der Waals surface area (Å²) in [5.41, 5.74) is 3.66. The highest BCUT2D eigenvalue weighted by molar-refractivity contribution is 7.13. The Hall–Kier alpha value is -2.86. The van der Waals surface area contributed by atoms with Gasteiger partial charge in [0.25, 0.3) is 5.91 Å². The number of ether oxygens (including phenoxy) is 2. The average Bonchev–Trinajstić information content (AvgIpc) is 3.17. The molecule has 6 heteroatoms. The van der Waals surface area contributed by atoms with Crippen LogP contribution in [0.25, 0.3) is 10.6 Å². The maximum Gasteiger partial charge on any atom is 0.251 e. The van der Waals surface area contributed by atoms with Gasteiger partial charge in [0, 0.05) is 16.5 Å². The molecule has 0 unspecified atom stereocenters. The van der Waals surface area contributed by atoms with Crippen LogP contribution < -0.4 is 14.8 Å². The van der Waals surface area contributed by atoms with Crippen molar-refractivity contribution in [3.05, 3.63) is 64.7 Å². The highest BCUT2D eigenvalue weighted by Gasteiger charge is 2.12. The van der Waals surface area contributed by atoms with Gasteiger partial charge in [-0.2, -0.15) is 0 Å². The minimum absolute atomic E-state index is 0.172. The summed E-state index contributed by atoms with van der Waals surface area (Å²) in [6.45, 7) is 7.29. The lowest BCUT2D eigenvalue weighted by atomic mass is 10.1. The number of benzene rings is 2. The predicted molar refractivity (Wildman–Crippen MR) is 112 cm³/mol. The third-order valence-electron chi connectivity index (χ3n) is 4.05. The predicted octanol–water partition coefficient (Wildman–Crippen LogP) is 4.85. The molecule has 0 saturated carbocycles. The maximum atomic E-state index is 12.5. The number of aromatic nitrogens is 1. The number of rotatable bonds is 8. The standard InChI is InChI=1S/C22H24N2O3S/c1-4-26-19-10-9-16(12-20(19)27-5-2)21(25)23-13-18-14-28-22(24-18)17-8-6-7-15(3)11-17/h6-12,14H,4-5,13H2,1-3H3,(H,23,25). The molecule has 0 saturated heterocycles. The fourth-order valence-corrected chi connectivity index (χ4v) is 3.58. The Kier molecular flexibility index (Phi) is 6.66. The Morgan fingerprint density at radius 2 is 1.86 bits per heavy atom. The molecule has 0 fully saturated rings. The van der Waals surface area contributed by atoms with Crippen LogP contribution in [0.3, 0.4) is 0 Å². The molecule has 0 aliphatic heterocycles. The Morgan fingerprint density at radius 3 is 2.61 bits per heavy atom. The van der Waals surface area contributed by atoms with Gasteiger partial charge in [0.1, 0.15) is 5.01 Å². The lowest BCUT2D eigenvalue weighted by Gasteiger charge is -2.12. The van der Waals surface area contributed by atoms with Crippen LogP contribution in [0.2, 0.25) is 0 Å². The summed E-state index contributed by atoms with van der Waals surface area (Å²) in [5, 5.41) is 5.85. The summed E-state index contributed by atoms with van der Waals surface area (Å²) in [5.74, 6) is 1.05. The zero-order valence-electron chi connectivity index (χ0n) is 16.3. The van der Waals surface area contributed by atoms with Gasteiger partial charge in [-0.15, -0.1) is 11.3 Å². The number of thiazole rings is 1. The van der Waals surface area contributed by atoms with E-state index in [2.05, 4.69) is 29.4 Å². The second-order valence-electron chi connectivity index (χ2n) is 6.22. The Balaban J connectivity index is 1.66. The molecule has 3 rings (SSSR count). The third kappa shape index (κ3) is 4.89. The normalized spacial score (nSPS) is 10.5. The number of nitrogens with zero attached hydrogens (tertiary/aromatic N) is 1. The summed E-state index contributed by atoms with van der Waals surface area (Å²) in [7, 11) is 0. The molecule has 1 heterocycles. The number of aryl methyl sites for hydroxylation is 1. The van der Waals surface area contributed by atoms with Crippen molar-refractivity contribution in [2.24, 2.45) is 0 Å². The van der Waals surface area contributed by atoms with Crippen LogP contribution in [-0.4, -0.2) is 24.1 Å². The van der Waals surface area contributed by atoms with Crippen LogP contribution in [0, 0.1) is 6.92 Å². The van der Waals surface area contributed by atoms with Crippen molar-refractivity contribution in [2.45, 2.75) is 27.3 Å². The highest BCUT2D eigenvalue weighted by Crippen LogP contribution is 2.29. The molecule has 2 aromatic carbocycles. The second-order valence-corrected chi connectivity index (χ2v) is 7.08. The molecule has 1 N–H and O–H groups in total. The van der Waals surface area contributed by atoms with E-state index < -0.39 is 0 Å². The first-order valence-corrected chi connectivity index (χ1v) is 10.2. The number of amides is 1. The van der Waals surface area contributed by atoms with Gasteiger partial charge in [-0.05, 0) is 45.0 Å². The van der Waals surface area contributed by atoms with E-state index in [1.807, 2.05) is 31.4 Å². The second kappa shape index (κ2) is 9.37. The van der Waals surface area contributed by atoms with E-state index in [1.165, 1.54) is 5.56 Å². The van der Waals surface area contributed by atoms with Crippen LogP contribution in [0.5, 0.6) is 11.5 Å². The fourth-order valence-electron chi connectivity index (χ4n) is 2.76. The quantitative estimate of drug-likeness (QED) is 0.591. The van der Waals surface area contributed by atoms with E-state index in [0.717, 1.165) is 16.3 Å². The summed E-state index contributed by atoms with van der Waals surface area (Å²) in [6, 6.07) is 13.5. The van der Waals surface area contributed by atoms with Gasteiger partial charge in [0.15, 0.2) is 11.5 Å². The van der Waals surface area contributed by atoms with E-state index in [9.17, 15) is 4.79 Å². The van der Waals surface area contributed by atoms with Crippen molar-refractivity contribution in [1.82, 2.24) is 10.3 Å². The van der Waals surface area contributed by atoms with Crippen molar-refractivity contribution in [3.8, 4) is 22.1 Å². The Morgan fingerprint density at radius 1 is 1.07 bits per heavy atom. The van der Waals surface area contributed by atoms with Crippen LogP contribution >= 0.6 is 11.3 Å². The van der Waals surface area contributed by atoms with Crippen molar-refractivity contribution in [3.63, 3.8) is 0 Å². The lowest BCUT2D eigenvalue weighted by molar-refractivity contribution is 0.0950. The number of carbonyl (C=O) groups is 1. The summed E-state index contributed by atoms with van der Waals surface area (Å²) in [6.07, 6.45) is 0. The van der Waals surface area contributed by atoms with Crippen LogP contribution in [-0.2, 0) is 6.54 Å². The minimum Gasteiger partial charge on any atom is -0.490 e. The van der Waals surface area contributed by atoms with E-state index >= 15 is 0 Å². The molecule has 1 amide bonds. The third-order valence-corrected chi connectivity index (χ3v) is 4.99. The highest BCUT2D eigenvalue weighted by atomic mass is 32.1. The summed E-state index contributed by atoms with van der Waals surface area (Å²) in [4.78, 5) is 17.2. The molecule has 0 atom stereocenters. The molecular formula is C22H24N2O3S. The SMILES string of the molecule is CCOc1ccc(C(=O)NCc2csc(-c3cccc(C)c3)n2)cc1OCC. The Labute approximate surface area is 169 Å². The molecule has 5 nitrogen and oxygen atoms in total. The average molecular weight is 397 g/mol. The van der Waals surface area contributed by atoms with Crippen molar-refractivity contribution in [1.29, 1.82) is 0 Å². The molecule has 0 spiro atoms. The lowest BCUT2D eigenvalue weighted by Crippen LogP contribution is -2.23. The van der Waals surface area contributed by atoms with E-state index in [1.54, 1.807) is 29.5 Å². The minimum atomic E-state index is -0.172. The number of nitrogens with one attached hydrogen (secondary N) is 1. The smallest absolute Gasteiger partial charge is 0.251 e. The molecule has 0 aliphatic rings. The van der Waals surface area contributed by atoms with E-state index in [-0.39, 0.29) is 5.91 Å². The number of carbonyl (C=O) groups excluding carboxylic acids is 1. The first-order chi connectivity index (χ1) is 13.6. The first-order valence-electron chi connectivity index (χ1n) is 9.30. The van der Waals surface area contributed by atoms with Gasteiger partial charge in [-0.3, -0.25) is 4.79 Å². The van der Waals surface area contributed by atoms with Gasteiger partial charge in [-0.1, -0.05) is 23.8 Å². The van der Waals surface area contributed by atoms with E-state index in [4.69, 9.17) is 9.47 Å². The largest absolute Gasteiger partial charge is 0.490 e. The van der Waals surface area contributed by atoms with Crippen molar-refractivity contribution in [2.75, 3.05) is 13.2 Å². The van der Waals surface area contributed by atoms with Gasteiger partial charge in [0.2, 0.25) is 0 Å². The topological polar surface area (TPSA) is 60.5 Å². The van der Waals surface area contributed by atoms with Crippen molar-refractivity contribution < 1.29 is 14.3 Å². The molecule has 0 aliphatic carbocycles. The van der Waals surface area contributed by atoms with Crippen molar-refractivity contribution >= 4 is 17.2 Å². The molecule has 0 radical (unpaired) electrons. The zero-order valence-corrected chi connectivity index (χ0v) is 17.1. The molecule has 146 valence electrons. The molecular weight excluding hydrogens is 372 g/mol. The van der Waals surface area contributed by atoms with Gasteiger partial charge < -0.3 is 14.8 Å². The Bertz CT molecular complexity index is 952.